The van der Waals surface area contributed by atoms with Crippen molar-refractivity contribution >= 4 is 0 Å². The van der Waals surface area contributed by atoms with E-state index < -0.39 is 11.7 Å². The minimum atomic E-state index is -4.42. The van der Waals surface area contributed by atoms with Gasteiger partial charge in [-0.1, -0.05) is 19.4 Å². The molecule has 1 aromatic carbocycles. The lowest BCUT2D eigenvalue weighted by atomic mass is 10.2. The van der Waals surface area contributed by atoms with Gasteiger partial charge in [-0.15, -0.1) is 0 Å². The first-order valence-corrected chi connectivity index (χ1v) is 5.90. The van der Waals surface area contributed by atoms with Crippen molar-refractivity contribution in [3.8, 4) is 5.69 Å². The van der Waals surface area contributed by atoms with Crippen molar-refractivity contribution in [2.45, 2.75) is 25.9 Å². The average Bonchev–Trinajstić information content (AvgIpc) is 2.70. The first kappa shape index (κ1) is 13.5. The Kier molecular flexibility index (Phi) is 3.50. The molecule has 0 saturated heterocycles. The molecule has 6 heteroatoms. The monoisotopic (exact) mass is 270 g/mol. The predicted octanol–water partition coefficient (Wildman–Crippen LogP) is 3.14. The summed E-state index contributed by atoms with van der Waals surface area (Å²) >= 11 is 0. The van der Waals surface area contributed by atoms with Crippen molar-refractivity contribution in [2.24, 2.45) is 0 Å². The Morgan fingerprint density at radius 2 is 2.00 bits per heavy atom. The fourth-order valence-electron chi connectivity index (χ4n) is 1.86. The maximum absolute atomic E-state index is 12.6. The fraction of sp³-hybridized carbons (Fsp3) is 0.308. The number of aromatic nitrogens is 2. The average molecular weight is 270 g/mol. The number of aryl methyl sites for hydroxylation is 1. The van der Waals surface area contributed by atoms with Gasteiger partial charge in [-0.05, 0) is 24.6 Å². The van der Waals surface area contributed by atoms with E-state index in [2.05, 4.69) is 5.10 Å². The molecule has 0 radical (unpaired) electrons. The van der Waals surface area contributed by atoms with Crippen LogP contribution in [0, 0.1) is 0 Å². The van der Waals surface area contributed by atoms with E-state index in [-0.39, 0.29) is 11.2 Å². The number of rotatable bonds is 3. The zero-order chi connectivity index (χ0) is 14.0. The molecule has 1 N–H and O–H groups in total. The van der Waals surface area contributed by atoms with Crippen LogP contribution in [0.5, 0.6) is 0 Å². The summed E-state index contributed by atoms with van der Waals surface area (Å²) in [5, 5.41) is 2.81. The highest BCUT2D eigenvalue weighted by molar-refractivity contribution is 5.36. The van der Waals surface area contributed by atoms with Crippen molar-refractivity contribution < 1.29 is 13.2 Å². The summed E-state index contributed by atoms with van der Waals surface area (Å²) in [5.41, 5.74) is -0.238. The van der Waals surface area contributed by atoms with Crippen molar-refractivity contribution in [3.63, 3.8) is 0 Å². The Bertz CT molecular complexity index is 625. The van der Waals surface area contributed by atoms with Gasteiger partial charge in [0.05, 0.1) is 11.3 Å². The predicted molar refractivity (Wildman–Crippen MR) is 65.4 cm³/mol. The number of nitrogens with zero attached hydrogens (tertiary/aromatic N) is 1. The molecule has 3 nitrogen and oxygen atoms in total. The van der Waals surface area contributed by atoms with Crippen LogP contribution in [0.3, 0.4) is 0 Å². The largest absolute Gasteiger partial charge is 0.416 e. The lowest BCUT2D eigenvalue weighted by molar-refractivity contribution is -0.137. The molecule has 2 rings (SSSR count). The maximum atomic E-state index is 12.6. The molecule has 19 heavy (non-hydrogen) atoms. The highest BCUT2D eigenvalue weighted by Crippen LogP contribution is 2.29. The molecule has 102 valence electrons. The second-order valence-corrected chi connectivity index (χ2v) is 4.25. The van der Waals surface area contributed by atoms with Crippen molar-refractivity contribution in [3.05, 3.63) is 51.9 Å². The van der Waals surface area contributed by atoms with Gasteiger partial charge in [-0.25, -0.2) is 4.68 Å². The number of aromatic amines is 1. The molecule has 2 aromatic rings. The molecule has 0 aliphatic carbocycles. The number of nitrogens with one attached hydrogen (secondary N) is 1. The Balaban J connectivity index is 2.45. The van der Waals surface area contributed by atoms with Crippen LogP contribution in [-0.4, -0.2) is 9.78 Å². The summed E-state index contributed by atoms with van der Waals surface area (Å²) in [6.45, 7) is 1.96. The third-order valence-electron chi connectivity index (χ3n) is 2.72. The van der Waals surface area contributed by atoms with Crippen molar-refractivity contribution in [2.75, 3.05) is 0 Å². The second-order valence-electron chi connectivity index (χ2n) is 4.25. The van der Waals surface area contributed by atoms with Crippen LogP contribution in [0.1, 0.15) is 24.6 Å². The molecular formula is C13H13F3N2O. The van der Waals surface area contributed by atoms with Gasteiger partial charge < -0.3 is 0 Å². The van der Waals surface area contributed by atoms with Crippen molar-refractivity contribution in [1.82, 2.24) is 9.78 Å². The zero-order valence-electron chi connectivity index (χ0n) is 10.3. The number of hydrogen-bond donors (Lipinski definition) is 1. The van der Waals surface area contributed by atoms with E-state index >= 15 is 0 Å². The molecule has 0 fully saturated rings. The van der Waals surface area contributed by atoms with Gasteiger partial charge in [0.15, 0.2) is 0 Å². The smallest absolute Gasteiger partial charge is 0.295 e. The summed E-state index contributed by atoms with van der Waals surface area (Å²) in [6, 6.07) is 6.08. The third kappa shape index (κ3) is 2.89. The van der Waals surface area contributed by atoms with Gasteiger partial charge in [0.1, 0.15) is 0 Å². The summed E-state index contributed by atoms with van der Waals surface area (Å²) in [5.74, 6) is 0. The zero-order valence-corrected chi connectivity index (χ0v) is 10.3. The highest BCUT2D eigenvalue weighted by atomic mass is 19.4. The molecule has 0 saturated carbocycles. The molecule has 0 amide bonds. The van der Waals surface area contributed by atoms with Crippen LogP contribution in [-0.2, 0) is 12.6 Å². The SMILES string of the molecule is CCCc1cc(=O)n(-c2cccc(C(F)(F)F)c2)[nH]1. The van der Waals surface area contributed by atoms with Crippen LogP contribution >= 0.6 is 0 Å². The number of H-pyrrole nitrogens is 1. The van der Waals surface area contributed by atoms with E-state index in [4.69, 9.17) is 0 Å². The lowest BCUT2D eigenvalue weighted by Gasteiger charge is -2.08. The Morgan fingerprint density at radius 3 is 2.63 bits per heavy atom. The minimum absolute atomic E-state index is 0.183. The highest BCUT2D eigenvalue weighted by Gasteiger charge is 2.30. The van der Waals surface area contributed by atoms with Gasteiger partial charge in [0.2, 0.25) is 0 Å². The standard InChI is InChI=1S/C13H13F3N2O/c1-2-4-10-8-12(19)18(17-10)11-6-3-5-9(7-11)13(14,15)16/h3,5-8,17H,2,4H2,1H3. The number of halogens is 3. The number of benzene rings is 1. The lowest BCUT2D eigenvalue weighted by Crippen LogP contribution is -2.14. The normalized spacial score (nSPS) is 11.8. The molecule has 0 spiro atoms. The van der Waals surface area contributed by atoms with E-state index in [1.807, 2.05) is 6.92 Å². The van der Waals surface area contributed by atoms with Crippen LogP contribution in [0.15, 0.2) is 35.1 Å². The second kappa shape index (κ2) is 4.95. The van der Waals surface area contributed by atoms with E-state index in [0.29, 0.717) is 12.1 Å². The molecule has 0 aliphatic rings. The molecule has 1 aromatic heterocycles. The first-order valence-electron chi connectivity index (χ1n) is 5.90. The van der Waals surface area contributed by atoms with Crippen molar-refractivity contribution in [1.29, 1.82) is 0 Å². The van der Waals surface area contributed by atoms with Crippen LogP contribution in [0.2, 0.25) is 0 Å². The number of alkyl halides is 3. The topological polar surface area (TPSA) is 37.8 Å². The summed E-state index contributed by atoms with van der Waals surface area (Å²) in [4.78, 5) is 11.7. The van der Waals surface area contributed by atoms with E-state index in [1.165, 1.54) is 18.2 Å². The first-order chi connectivity index (χ1) is 8.91. The minimum Gasteiger partial charge on any atom is -0.295 e. The molecule has 0 atom stereocenters. The molecule has 0 aliphatic heterocycles. The van der Waals surface area contributed by atoms with Crippen LogP contribution in [0.4, 0.5) is 13.2 Å². The summed E-state index contributed by atoms with van der Waals surface area (Å²) in [7, 11) is 0. The van der Waals surface area contributed by atoms with Gasteiger partial charge in [0.25, 0.3) is 5.56 Å². The van der Waals surface area contributed by atoms with E-state index in [0.717, 1.165) is 23.2 Å². The molecule has 0 bridgehead atoms. The molecule has 1 heterocycles. The molecule has 0 unspecified atom stereocenters. The van der Waals surface area contributed by atoms with E-state index in [1.54, 1.807) is 0 Å². The van der Waals surface area contributed by atoms with Gasteiger partial charge in [-0.3, -0.25) is 9.89 Å². The quantitative estimate of drug-likeness (QED) is 0.914. The van der Waals surface area contributed by atoms with Crippen LogP contribution < -0.4 is 5.56 Å². The number of hydrogen-bond acceptors (Lipinski definition) is 1. The Labute approximate surface area is 107 Å². The van der Waals surface area contributed by atoms with Crippen LogP contribution in [0.25, 0.3) is 5.69 Å². The fourth-order valence-corrected chi connectivity index (χ4v) is 1.86. The van der Waals surface area contributed by atoms with Gasteiger partial charge >= 0.3 is 6.18 Å². The Hall–Kier alpha value is -1.98. The maximum Gasteiger partial charge on any atom is 0.416 e. The Morgan fingerprint density at radius 1 is 1.26 bits per heavy atom. The van der Waals surface area contributed by atoms with Gasteiger partial charge in [0, 0.05) is 11.8 Å². The molecular weight excluding hydrogens is 257 g/mol. The van der Waals surface area contributed by atoms with Gasteiger partial charge in [-0.2, -0.15) is 13.2 Å². The third-order valence-corrected chi connectivity index (χ3v) is 2.72. The summed E-state index contributed by atoms with van der Waals surface area (Å²) < 4.78 is 39.0. The van der Waals surface area contributed by atoms with E-state index in [9.17, 15) is 18.0 Å². The summed E-state index contributed by atoms with van der Waals surface area (Å²) in [6.07, 6.45) is -2.89.